The van der Waals surface area contributed by atoms with E-state index < -0.39 is 4.92 Å². The number of methoxy groups -OCH3 is 2. The number of hydrazine groups is 1. The van der Waals surface area contributed by atoms with Crippen molar-refractivity contribution < 1.29 is 19.2 Å². The summed E-state index contributed by atoms with van der Waals surface area (Å²) in [6.07, 6.45) is 1.47. The molecule has 156 valence electrons. The molecule has 1 aliphatic rings. The van der Waals surface area contributed by atoms with Crippen molar-refractivity contribution in [3.8, 4) is 11.5 Å². The first-order valence-corrected chi connectivity index (χ1v) is 9.62. The van der Waals surface area contributed by atoms with Gasteiger partial charge in [-0.25, -0.2) is 15.0 Å². The van der Waals surface area contributed by atoms with Crippen molar-refractivity contribution >= 4 is 40.3 Å². The molecule has 3 rings (SSSR count). The van der Waals surface area contributed by atoms with E-state index >= 15 is 0 Å². The summed E-state index contributed by atoms with van der Waals surface area (Å²) in [5.41, 5.74) is 0.726. The van der Waals surface area contributed by atoms with Crippen molar-refractivity contribution in [1.82, 2.24) is 10.0 Å². The van der Waals surface area contributed by atoms with Crippen molar-refractivity contribution in [2.24, 2.45) is 4.99 Å². The van der Waals surface area contributed by atoms with E-state index in [0.29, 0.717) is 21.5 Å². The maximum absolute atomic E-state index is 13.0. The van der Waals surface area contributed by atoms with E-state index in [9.17, 15) is 14.9 Å². The number of ether oxygens (including phenoxy) is 2. The molecule has 2 aromatic carbocycles. The number of carbonyl (C=O) groups excluding carboxylic acids is 1. The van der Waals surface area contributed by atoms with Crippen LogP contribution < -0.4 is 9.47 Å². The summed E-state index contributed by atoms with van der Waals surface area (Å²) in [6, 6.07) is 12.0. The molecule has 1 heterocycles. The lowest BCUT2D eigenvalue weighted by atomic mass is 10.1. The number of hydrogen-bond acceptors (Lipinski definition) is 8. The number of amidine groups is 1. The van der Waals surface area contributed by atoms with Crippen LogP contribution in [0.4, 0.5) is 11.4 Å². The zero-order valence-electron chi connectivity index (χ0n) is 16.9. The average Bonchev–Trinajstić information content (AvgIpc) is 3.02. The van der Waals surface area contributed by atoms with Crippen LogP contribution in [0.15, 0.2) is 52.4 Å². The summed E-state index contributed by atoms with van der Waals surface area (Å²) in [4.78, 5) is 28.9. The number of aliphatic imine (C=N–C) groups is 1. The summed E-state index contributed by atoms with van der Waals surface area (Å²) in [5, 5.41) is 15.0. The first kappa shape index (κ1) is 21.3. The Kier molecular flexibility index (Phi) is 6.38. The van der Waals surface area contributed by atoms with Crippen LogP contribution in [0.25, 0.3) is 6.08 Å². The molecule has 1 amide bonds. The predicted octanol–water partition coefficient (Wildman–Crippen LogP) is 3.69. The molecule has 0 atom stereocenters. The topological polar surface area (TPSA) is 97.5 Å². The molecule has 0 N–H and O–H groups in total. The van der Waals surface area contributed by atoms with Crippen molar-refractivity contribution in [2.45, 2.75) is 0 Å². The van der Waals surface area contributed by atoms with Gasteiger partial charge in [0.05, 0.1) is 41.4 Å². The van der Waals surface area contributed by atoms with Gasteiger partial charge in [-0.05, 0) is 36.0 Å². The Bertz CT molecular complexity index is 1040. The van der Waals surface area contributed by atoms with Crippen molar-refractivity contribution in [3.63, 3.8) is 0 Å². The molecule has 1 fully saturated rings. The Morgan fingerprint density at radius 2 is 1.77 bits per heavy atom. The van der Waals surface area contributed by atoms with E-state index in [4.69, 9.17) is 9.47 Å². The quantitative estimate of drug-likeness (QED) is 0.393. The number of rotatable bonds is 6. The van der Waals surface area contributed by atoms with Gasteiger partial charge in [0.2, 0.25) is 0 Å². The molecule has 10 heteroatoms. The Morgan fingerprint density at radius 3 is 2.33 bits per heavy atom. The minimum absolute atomic E-state index is 0.196. The van der Waals surface area contributed by atoms with E-state index in [1.54, 1.807) is 19.1 Å². The molecule has 0 saturated carbocycles. The maximum Gasteiger partial charge on any atom is 0.281 e. The van der Waals surface area contributed by atoms with Gasteiger partial charge >= 0.3 is 0 Å². The van der Waals surface area contributed by atoms with Crippen LogP contribution in [0.5, 0.6) is 11.5 Å². The number of amides is 1. The third kappa shape index (κ3) is 4.29. The molecular weight excluding hydrogens is 408 g/mol. The SMILES string of the molecule is COc1cc(/C=C2/SC(=Nc3ccccc3)N(N(C)C)C2=O)c([N+](=O)[O-])cc1OC. The van der Waals surface area contributed by atoms with Gasteiger partial charge in [-0.1, -0.05) is 18.2 Å². The molecule has 1 saturated heterocycles. The molecule has 0 bridgehead atoms. The number of thioether (sulfide) groups is 1. The summed E-state index contributed by atoms with van der Waals surface area (Å²) in [5.74, 6) is 0.231. The number of carbonyl (C=O) groups is 1. The lowest BCUT2D eigenvalue weighted by Crippen LogP contribution is -2.40. The minimum Gasteiger partial charge on any atom is -0.493 e. The molecule has 0 unspecified atom stereocenters. The van der Waals surface area contributed by atoms with Crippen molar-refractivity contribution in [1.29, 1.82) is 0 Å². The van der Waals surface area contributed by atoms with E-state index in [-0.39, 0.29) is 22.9 Å². The zero-order chi connectivity index (χ0) is 21.8. The number of nitro benzene ring substituents is 1. The Morgan fingerprint density at radius 1 is 1.13 bits per heavy atom. The highest BCUT2D eigenvalue weighted by Gasteiger charge is 2.36. The highest BCUT2D eigenvalue weighted by molar-refractivity contribution is 8.18. The third-order valence-electron chi connectivity index (χ3n) is 4.18. The van der Waals surface area contributed by atoms with Crippen LogP contribution in [0.3, 0.4) is 0 Å². The zero-order valence-corrected chi connectivity index (χ0v) is 17.7. The van der Waals surface area contributed by atoms with Crippen LogP contribution in [-0.2, 0) is 4.79 Å². The minimum atomic E-state index is -0.527. The smallest absolute Gasteiger partial charge is 0.281 e. The van der Waals surface area contributed by atoms with E-state index in [1.807, 2.05) is 30.3 Å². The Hall–Kier alpha value is -3.37. The first-order chi connectivity index (χ1) is 14.3. The van der Waals surface area contributed by atoms with Crippen LogP contribution in [0.1, 0.15) is 5.56 Å². The van der Waals surface area contributed by atoms with E-state index in [0.717, 1.165) is 11.8 Å². The van der Waals surface area contributed by atoms with Gasteiger partial charge in [0, 0.05) is 14.1 Å². The van der Waals surface area contributed by atoms with E-state index in [1.165, 1.54) is 37.4 Å². The van der Waals surface area contributed by atoms with Gasteiger partial charge in [0.25, 0.3) is 11.6 Å². The van der Waals surface area contributed by atoms with Gasteiger partial charge in [-0.3, -0.25) is 14.9 Å². The second-order valence-corrected chi connectivity index (χ2v) is 7.34. The molecule has 0 aliphatic carbocycles. The third-order valence-corrected chi connectivity index (χ3v) is 5.14. The second-order valence-electron chi connectivity index (χ2n) is 6.33. The van der Waals surface area contributed by atoms with Crippen LogP contribution in [0.2, 0.25) is 0 Å². The number of nitrogens with zero attached hydrogens (tertiary/aromatic N) is 4. The lowest BCUT2D eigenvalue weighted by Gasteiger charge is -2.22. The molecular formula is C20H20N4O5S. The Labute approximate surface area is 177 Å². The summed E-state index contributed by atoms with van der Waals surface area (Å²) >= 11 is 1.14. The predicted molar refractivity (Wildman–Crippen MR) is 116 cm³/mol. The highest BCUT2D eigenvalue weighted by Crippen LogP contribution is 2.39. The second kappa shape index (κ2) is 8.97. The normalized spacial score (nSPS) is 16.6. The molecule has 9 nitrogen and oxygen atoms in total. The molecule has 30 heavy (non-hydrogen) atoms. The maximum atomic E-state index is 13.0. The number of para-hydroxylation sites is 1. The molecule has 0 spiro atoms. The van der Waals surface area contributed by atoms with Crippen molar-refractivity contribution in [3.05, 3.63) is 63.0 Å². The number of nitro groups is 1. The van der Waals surface area contributed by atoms with Gasteiger partial charge in [0.15, 0.2) is 16.7 Å². The van der Waals surface area contributed by atoms with Gasteiger partial charge < -0.3 is 9.47 Å². The fourth-order valence-electron chi connectivity index (χ4n) is 2.80. The fraction of sp³-hybridized carbons (Fsp3) is 0.200. The Balaban J connectivity index is 2.08. The average molecular weight is 428 g/mol. The van der Waals surface area contributed by atoms with E-state index in [2.05, 4.69) is 4.99 Å². The molecule has 1 aliphatic heterocycles. The molecule has 0 radical (unpaired) electrons. The molecule has 0 aromatic heterocycles. The number of benzene rings is 2. The molecule has 2 aromatic rings. The van der Waals surface area contributed by atoms with Crippen molar-refractivity contribution in [2.75, 3.05) is 28.3 Å². The lowest BCUT2D eigenvalue weighted by molar-refractivity contribution is -0.385. The van der Waals surface area contributed by atoms with Gasteiger partial charge in [-0.15, -0.1) is 0 Å². The number of hydrogen-bond donors (Lipinski definition) is 0. The van der Waals surface area contributed by atoms with Crippen LogP contribution in [0, 0.1) is 10.1 Å². The van der Waals surface area contributed by atoms with Gasteiger partial charge in [-0.2, -0.15) is 0 Å². The fourth-order valence-corrected chi connectivity index (χ4v) is 3.84. The summed E-state index contributed by atoms with van der Waals surface area (Å²) in [7, 11) is 6.29. The highest BCUT2D eigenvalue weighted by atomic mass is 32.2. The largest absolute Gasteiger partial charge is 0.493 e. The first-order valence-electron chi connectivity index (χ1n) is 8.81. The van der Waals surface area contributed by atoms with Gasteiger partial charge in [0.1, 0.15) is 0 Å². The monoisotopic (exact) mass is 428 g/mol. The summed E-state index contributed by atoms with van der Waals surface area (Å²) in [6.45, 7) is 0. The van der Waals surface area contributed by atoms with Crippen LogP contribution >= 0.6 is 11.8 Å². The van der Waals surface area contributed by atoms with Crippen LogP contribution in [-0.4, -0.2) is 54.3 Å². The standard InChI is InChI=1S/C20H20N4O5S/c1-22(2)23-19(25)18(30-20(23)21-14-8-6-5-7-9-14)11-13-10-16(28-3)17(29-4)12-15(13)24(26)27/h5-12H,1-4H3/b18-11+,21-20?. The summed E-state index contributed by atoms with van der Waals surface area (Å²) < 4.78 is 10.4.